The van der Waals surface area contributed by atoms with Gasteiger partial charge < -0.3 is 14.3 Å². The number of rotatable bonds is 10. The van der Waals surface area contributed by atoms with E-state index in [1.165, 1.54) is 11.8 Å². The van der Waals surface area contributed by atoms with Crippen LogP contribution >= 0.6 is 11.8 Å². The number of carbonyl (C=O) groups is 1. The van der Waals surface area contributed by atoms with Crippen molar-refractivity contribution < 1.29 is 19.1 Å². The predicted octanol–water partition coefficient (Wildman–Crippen LogP) is 4.24. The largest absolute Gasteiger partial charge is 0.501 e. The second-order valence-electron chi connectivity index (χ2n) is 5.15. The van der Waals surface area contributed by atoms with Gasteiger partial charge in [0.2, 0.25) is 5.89 Å². The third-order valence-corrected chi connectivity index (χ3v) is 4.23. The van der Waals surface area contributed by atoms with Gasteiger partial charge in [-0.1, -0.05) is 18.2 Å². The molecule has 0 saturated heterocycles. The Morgan fingerprint density at radius 1 is 1.33 bits per heavy atom. The number of carboxylic acids is 1. The second kappa shape index (κ2) is 9.82. The molecule has 0 unspecified atom stereocenters. The van der Waals surface area contributed by atoms with E-state index in [0.29, 0.717) is 12.5 Å². The molecule has 2 aromatic rings. The molecular formula is C18H21NO4S. The summed E-state index contributed by atoms with van der Waals surface area (Å²) < 4.78 is 11.1. The number of aryl methyl sites for hydroxylation is 1. The van der Waals surface area contributed by atoms with E-state index in [1.807, 2.05) is 37.3 Å². The van der Waals surface area contributed by atoms with Crippen molar-refractivity contribution in [1.82, 2.24) is 4.98 Å². The lowest BCUT2D eigenvalue weighted by atomic mass is 10.2. The number of ether oxygens (including phenoxy) is 1. The number of carboxylic acid groups (broad SMARTS) is 1. The maximum Gasteiger partial charge on any atom is 0.313 e. The predicted molar refractivity (Wildman–Crippen MR) is 95.9 cm³/mol. The molecule has 0 radical (unpaired) electrons. The average molecular weight is 347 g/mol. The lowest BCUT2D eigenvalue weighted by molar-refractivity contribution is -0.133. The molecule has 1 N–H and O–H groups in total. The van der Waals surface area contributed by atoms with Crippen molar-refractivity contribution in [1.29, 1.82) is 0 Å². The summed E-state index contributed by atoms with van der Waals surface area (Å²) in [5.74, 6) is 1.58. The van der Waals surface area contributed by atoms with Crippen molar-refractivity contribution in [3.05, 3.63) is 48.0 Å². The van der Waals surface area contributed by atoms with E-state index in [4.69, 9.17) is 14.3 Å². The maximum atomic E-state index is 10.4. The second-order valence-corrected chi connectivity index (χ2v) is 6.26. The Labute approximate surface area is 145 Å². The van der Waals surface area contributed by atoms with Crippen LogP contribution in [0.3, 0.4) is 0 Å². The van der Waals surface area contributed by atoms with Crippen molar-refractivity contribution >= 4 is 23.8 Å². The van der Waals surface area contributed by atoms with E-state index in [1.54, 1.807) is 12.3 Å². The van der Waals surface area contributed by atoms with Gasteiger partial charge in [-0.05, 0) is 37.7 Å². The minimum Gasteiger partial charge on any atom is -0.501 e. The van der Waals surface area contributed by atoms with Crippen molar-refractivity contribution in [2.45, 2.75) is 19.8 Å². The zero-order chi connectivity index (χ0) is 17.2. The van der Waals surface area contributed by atoms with E-state index >= 15 is 0 Å². The zero-order valence-electron chi connectivity index (χ0n) is 13.6. The van der Waals surface area contributed by atoms with Crippen LogP contribution in [0.5, 0.6) is 0 Å². The lowest BCUT2D eigenvalue weighted by Crippen LogP contribution is -1.99. The van der Waals surface area contributed by atoms with Gasteiger partial charge in [0.25, 0.3) is 0 Å². The molecule has 0 bridgehead atoms. The van der Waals surface area contributed by atoms with Gasteiger partial charge in [0.15, 0.2) is 0 Å². The standard InChI is InChI=1S/C18H21NO4S/c1-14-16(19-18(23-14)15-7-3-2-4-8-15)9-11-22-10-5-6-12-24-13-17(20)21/h2-4,7-9,11H,5-6,10,12-13H2,1H3,(H,20,21)/b11-9+. The van der Waals surface area contributed by atoms with Crippen LogP contribution in [-0.4, -0.2) is 34.2 Å². The summed E-state index contributed by atoms with van der Waals surface area (Å²) in [7, 11) is 0. The van der Waals surface area contributed by atoms with Crippen LogP contribution in [0.25, 0.3) is 17.5 Å². The van der Waals surface area contributed by atoms with Crippen LogP contribution in [0.1, 0.15) is 24.3 Å². The maximum absolute atomic E-state index is 10.4. The molecule has 0 aliphatic heterocycles. The number of hydrogen-bond acceptors (Lipinski definition) is 5. The Kier molecular flexibility index (Phi) is 7.42. The number of aromatic nitrogens is 1. The molecule has 0 aliphatic carbocycles. The van der Waals surface area contributed by atoms with Crippen LogP contribution < -0.4 is 0 Å². The van der Waals surface area contributed by atoms with Gasteiger partial charge in [-0.15, -0.1) is 0 Å². The first kappa shape index (κ1) is 18.1. The number of unbranched alkanes of at least 4 members (excludes halogenated alkanes) is 1. The average Bonchev–Trinajstić information content (AvgIpc) is 2.95. The summed E-state index contributed by atoms with van der Waals surface area (Å²) in [4.78, 5) is 14.8. The summed E-state index contributed by atoms with van der Waals surface area (Å²) >= 11 is 1.43. The molecule has 0 aliphatic rings. The Morgan fingerprint density at radius 3 is 2.88 bits per heavy atom. The summed E-state index contributed by atoms with van der Waals surface area (Å²) in [6.45, 7) is 2.48. The Hall–Kier alpha value is -2.21. The quantitative estimate of drug-likeness (QED) is 0.512. The molecule has 128 valence electrons. The van der Waals surface area contributed by atoms with E-state index < -0.39 is 5.97 Å². The van der Waals surface area contributed by atoms with Gasteiger partial charge in [0.1, 0.15) is 11.5 Å². The minimum absolute atomic E-state index is 0.163. The van der Waals surface area contributed by atoms with Crippen LogP contribution in [0.4, 0.5) is 0 Å². The first-order valence-corrected chi connectivity index (χ1v) is 8.93. The van der Waals surface area contributed by atoms with E-state index in [9.17, 15) is 4.79 Å². The van der Waals surface area contributed by atoms with Crippen molar-refractivity contribution in [2.24, 2.45) is 0 Å². The van der Waals surface area contributed by atoms with Crippen molar-refractivity contribution in [3.63, 3.8) is 0 Å². The molecule has 0 amide bonds. The van der Waals surface area contributed by atoms with Crippen LogP contribution in [-0.2, 0) is 9.53 Å². The highest BCUT2D eigenvalue weighted by atomic mass is 32.2. The normalized spacial score (nSPS) is 11.0. The van der Waals surface area contributed by atoms with Gasteiger partial charge in [-0.2, -0.15) is 11.8 Å². The smallest absolute Gasteiger partial charge is 0.313 e. The molecule has 2 rings (SSSR count). The Morgan fingerprint density at radius 2 is 2.12 bits per heavy atom. The third kappa shape index (κ3) is 6.12. The van der Waals surface area contributed by atoms with Crippen LogP contribution in [0.15, 0.2) is 41.0 Å². The number of benzene rings is 1. The van der Waals surface area contributed by atoms with Crippen LogP contribution in [0.2, 0.25) is 0 Å². The van der Waals surface area contributed by atoms with E-state index in [2.05, 4.69) is 4.98 Å². The number of hydrogen-bond donors (Lipinski definition) is 1. The molecule has 0 atom stereocenters. The van der Waals surface area contributed by atoms with Gasteiger partial charge in [0, 0.05) is 11.6 Å². The fraction of sp³-hybridized carbons (Fsp3) is 0.333. The molecular weight excluding hydrogens is 326 g/mol. The Bertz CT molecular complexity index is 667. The number of oxazole rings is 1. The molecule has 0 saturated carbocycles. The first-order valence-electron chi connectivity index (χ1n) is 7.77. The fourth-order valence-electron chi connectivity index (χ4n) is 2.00. The molecule has 5 nitrogen and oxygen atoms in total. The van der Waals surface area contributed by atoms with E-state index in [0.717, 1.165) is 35.6 Å². The summed E-state index contributed by atoms with van der Waals surface area (Å²) in [5, 5.41) is 8.52. The highest BCUT2D eigenvalue weighted by Gasteiger charge is 2.08. The minimum atomic E-state index is -0.767. The SMILES string of the molecule is Cc1oc(-c2ccccc2)nc1/C=C/OCCCCSCC(=O)O. The van der Waals surface area contributed by atoms with Gasteiger partial charge in [-0.25, -0.2) is 4.98 Å². The number of thioether (sulfide) groups is 1. The van der Waals surface area contributed by atoms with Gasteiger partial charge >= 0.3 is 5.97 Å². The number of nitrogens with zero attached hydrogens (tertiary/aromatic N) is 1. The topological polar surface area (TPSA) is 72.6 Å². The summed E-state index contributed by atoms with van der Waals surface area (Å²) in [6, 6.07) is 9.76. The molecule has 1 heterocycles. The van der Waals surface area contributed by atoms with E-state index in [-0.39, 0.29) is 5.75 Å². The fourth-order valence-corrected chi connectivity index (χ4v) is 2.72. The highest BCUT2D eigenvalue weighted by molar-refractivity contribution is 7.99. The van der Waals surface area contributed by atoms with Crippen molar-refractivity contribution in [3.8, 4) is 11.5 Å². The molecule has 1 aromatic heterocycles. The zero-order valence-corrected chi connectivity index (χ0v) is 14.4. The molecule has 0 fully saturated rings. The molecule has 0 spiro atoms. The summed E-state index contributed by atoms with van der Waals surface area (Å²) in [5.41, 5.74) is 1.70. The molecule has 1 aromatic carbocycles. The van der Waals surface area contributed by atoms with Crippen LogP contribution in [0, 0.1) is 6.92 Å². The van der Waals surface area contributed by atoms with Crippen molar-refractivity contribution in [2.75, 3.05) is 18.1 Å². The molecule has 6 heteroatoms. The molecule has 24 heavy (non-hydrogen) atoms. The highest BCUT2D eigenvalue weighted by Crippen LogP contribution is 2.22. The Balaban J connectivity index is 1.71. The summed E-state index contributed by atoms with van der Waals surface area (Å²) in [6.07, 6.45) is 5.26. The number of aliphatic carboxylic acids is 1. The van der Waals surface area contributed by atoms with Gasteiger partial charge in [0.05, 0.1) is 18.6 Å². The monoisotopic (exact) mass is 347 g/mol. The van der Waals surface area contributed by atoms with Gasteiger partial charge in [-0.3, -0.25) is 4.79 Å². The third-order valence-electron chi connectivity index (χ3n) is 3.20. The lowest BCUT2D eigenvalue weighted by Gasteiger charge is -2.00. The first-order chi connectivity index (χ1) is 11.7.